The summed E-state index contributed by atoms with van der Waals surface area (Å²) in [4.78, 5) is 22.8. The van der Waals surface area contributed by atoms with Crippen LogP contribution in [0, 0.1) is 0 Å². The van der Waals surface area contributed by atoms with Crippen molar-refractivity contribution in [2.24, 2.45) is 0 Å². The lowest BCUT2D eigenvalue weighted by atomic mass is 10.2. The number of hydrogen-bond donors (Lipinski definition) is 2. The summed E-state index contributed by atoms with van der Waals surface area (Å²) in [6, 6.07) is 12.7. The van der Waals surface area contributed by atoms with Crippen LogP contribution < -0.4 is 20.3 Å². The third kappa shape index (κ3) is 6.03. The van der Waals surface area contributed by atoms with E-state index in [1.807, 2.05) is 25.2 Å². The number of likely N-dealkylation sites (N-methyl/N-ethyl adjacent to an activating group) is 1. The Morgan fingerprint density at radius 3 is 2.61 bits per heavy atom. The lowest BCUT2D eigenvalue weighted by molar-refractivity contribution is 0.0602. The van der Waals surface area contributed by atoms with E-state index in [4.69, 9.17) is 25.8 Å². The number of nitrogens with one attached hydrogen (secondary N) is 2. The van der Waals surface area contributed by atoms with Gasteiger partial charge in [-0.1, -0.05) is 23.7 Å². The predicted octanol–water partition coefficient (Wildman–Crippen LogP) is 4.50. The van der Waals surface area contributed by atoms with E-state index >= 15 is 0 Å². The molecule has 3 aromatic rings. The van der Waals surface area contributed by atoms with Crippen molar-refractivity contribution in [2.75, 3.05) is 57.1 Å². The van der Waals surface area contributed by atoms with E-state index in [1.165, 1.54) is 13.3 Å². The van der Waals surface area contributed by atoms with Crippen molar-refractivity contribution in [3.05, 3.63) is 59.2 Å². The summed E-state index contributed by atoms with van der Waals surface area (Å²) in [5.74, 6) is 0.791. The maximum Gasteiger partial charge on any atom is 0.339 e. The highest BCUT2D eigenvalue weighted by atomic mass is 35.5. The minimum absolute atomic E-state index is 0.294. The Kier molecular flexibility index (Phi) is 8.28. The number of ether oxygens (including phenoxy) is 3. The average Bonchev–Trinajstić information content (AvgIpc) is 2.84. The zero-order valence-electron chi connectivity index (χ0n) is 18.9. The van der Waals surface area contributed by atoms with Crippen molar-refractivity contribution in [1.82, 2.24) is 9.97 Å². The van der Waals surface area contributed by atoms with E-state index < -0.39 is 5.97 Å². The van der Waals surface area contributed by atoms with Gasteiger partial charge < -0.3 is 29.7 Å². The zero-order valence-corrected chi connectivity index (χ0v) is 19.6. The minimum atomic E-state index is -0.470. The van der Waals surface area contributed by atoms with Crippen LogP contribution in [0.25, 0.3) is 0 Å². The summed E-state index contributed by atoms with van der Waals surface area (Å²) in [5.41, 5.74) is 2.54. The van der Waals surface area contributed by atoms with Gasteiger partial charge in [0.1, 0.15) is 10.8 Å². The first-order chi connectivity index (χ1) is 16.0. The van der Waals surface area contributed by atoms with Gasteiger partial charge in [-0.15, -0.1) is 0 Å². The van der Waals surface area contributed by atoms with Crippen LogP contribution in [0.15, 0.2) is 48.7 Å². The molecule has 0 spiro atoms. The molecule has 0 amide bonds. The van der Waals surface area contributed by atoms with E-state index in [1.54, 1.807) is 38.5 Å². The summed E-state index contributed by atoms with van der Waals surface area (Å²) in [6.45, 7) is 1.36. The van der Waals surface area contributed by atoms with Gasteiger partial charge in [0.2, 0.25) is 5.95 Å². The van der Waals surface area contributed by atoms with Crippen molar-refractivity contribution in [2.45, 2.75) is 0 Å². The molecule has 10 heteroatoms. The number of nitrogens with zero attached hydrogens (tertiary/aromatic N) is 3. The molecule has 33 heavy (non-hydrogen) atoms. The van der Waals surface area contributed by atoms with E-state index in [0.29, 0.717) is 46.1 Å². The molecule has 0 aliphatic heterocycles. The SMILES string of the molecule is COCCN(C)c1ccc(Nc2ncc(Cl)c(Nc3ccccc3C(=O)OC)n2)c(OC)c1. The predicted molar refractivity (Wildman–Crippen MR) is 130 cm³/mol. The summed E-state index contributed by atoms with van der Waals surface area (Å²) < 4.78 is 15.5. The molecule has 0 atom stereocenters. The number of benzene rings is 2. The number of aromatic nitrogens is 2. The largest absolute Gasteiger partial charge is 0.494 e. The normalized spacial score (nSPS) is 10.5. The summed E-state index contributed by atoms with van der Waals surface area (Å²) in [7, 11) is 6.57. The van der Waals surface area contributed by atoms with Gasteiger partial charge in [0.05, 0.1) is 44.0 Å². The van der Waals surface area contributed by atoms with Crippen LogP contribution in [0.3, 0.4) is 0 Å². The summed E-state index contributed by atoms with van der Waals surface area (Å²) in [6.07, 6.45) is 1.47. The van der Waals surface area contributed by atoms with Crippen molar-refractivity contribution in [1.29, 1.82) is 0 Å². The first kappa shape index (κ1) is 24.1. The second-order valence-corrected chi connectivity index (χ2v) is 7.38. The number of carbonyl (C=O) groups excluding carboxylic acids is 1. The number of hydrogen-bond acceptors (Lipinski definition) is 9. The van der Waals surface area contributed by atoms with Gasteiger partial charge >= 0.3 is 5.97 Å². The molecule has 9 nitrogen and oxygen atoms in total. The van der Waals surface area contributed by atoms with Crippen LogP contribution in [-0.4, -0.2) is 57.5 Å². The summed E-state index contributed by atoms with van der Waals surface area (Å²) in [5, 5.41) is 6.53. The van der Waals surface area contributed by atoms with E-state index in [2.05, 4.69) is 25.5 Å². The van der Waals surface area contributed by atoms with Gasteiger partial charge in [0, 0.05) is 32.5 Å². The molecular weight excluding hydrogens is 446 g/mol. The zero-order chi connectivity index (χ0) is 23.8. The molecule has 0 radical (unpaired) electrons. The minimum Gasteiger partial charge on any atom is -0.494 e. The van der Waals surface area contributed by atoms with E-state index in [0.717, 1.165) is 12.2 Å². The number of anilines is 5. The Morgan fingerprint density at radius 2 is 1.88 bits per heavy atom. The lowest BCUT2D eigenvalue weighted by Crippen LogP contribution is -2.22. The number of carbonyl (C=O) groups is 1. The monoisotopic (exact) mass is 471 g/mol. The van der Waals surface area contributed by atoms with Gasteiger partial charge in [0.15, 0.2) is 5.82 Å². The topological polar surface area (TPSA) is 97.8 Å². The number of methoxy groups -OCH3 is 3. The fourth-order valence-corrected chi connectivity index (χ4v) is 3.16. The Labute approximate surface area is 197 Å². The summed E-state index contributed by atoms with van der Waals surface area (Å²) >= 11 is 6.30. The Hall–Kier alpha value is -3.56. The quantitative estimate of drug-likeness (QED) is 0.414. The highest BCUT2D eigenvalue weighted by Crippen LogP contribution is 2.32. The fourth-order valence-electron chi connectivity index (χ4n) is 3.02. The smallest absolute Gasteiger partial charge is 0.339 e. The molecule has 1 aromatic heterocycles. The van der Waals surface area contributed by atoms with Crippen LogP contribution in [0.2, 0.25) is 5.02 Å². The van der Waals surface area contributed by atoms with Crippen LogP contribution >= 0.6 is 11.6 Å². The molecule has 0 aliphatic carbocycles. The van der Waals surface area contributed by atoms with Gasteiger partial charge in [-0.2, -0.15) is 4.98 Å². The number of halogens is 1. The molecule has 0 fully saturated rings. The molecule has 0 saturated heterocycles. The van der Waals surface area contributed by atoms with Crippen LogP contribution in [0.1, 0.15) is 10.4 Å². The highest BCUT2D eigenvalue weighted by molar-refractivity contribution is 6.33. The molecular formula is C23H26ClN5O4. The average molecular weight is 472 g/mol. The van der Waals surface area contributed by atoms with Crippen LogP contribution in [-0.2, 0) is 9.47 Å². The van der Waals surface area contributed by atoms with Gasteiger partial charge in [-0.25, -0.2) is 9.78 Å². The molecule has 2 N–H and O–H groups in total. The maximum atomic E-state index is 12.1. The first-order valence-electron chi connectivity index (χ1n) is 10.1. The molecule has 0 aliphatic rings. The van der Waals surface area contributed by atoms with Gasteiger partial charge in [-0.05, 0) is 24.3 Å². The van der Waals surface area contributed by atoms with Crippen LogP contribution in [0.5, 0.6) is 5.75 Å². The number of esters is 1. The Balaban J connectivity index is 1.84. The Bertz CT molecular complexity index is 1110. The third-order valence-corrected chi connectivity index (χ3v) is 5.11. The second kappa shape index (κ2) is 11.3. The maximum absolute atomic E-state index is 12.1. The molecule has 0 bridgehead atoms. The van der Waals surface area contributed by atoms with Crippen molar-refractivity contribution in [3.63, 3.8) is 0 Å². The second-order valence-electron chi connectivity index (χ2n) is 6.98. The Morgan fingerprint density at radius 1 is 1.09 bits per heavy atom. The van der Waals surface area contributed by atoms with E-state index in [-0.39, 0.29) is 0 Å². The van der Waals surface area contributed by atoms with Crippen LogP contribution in [0.4, 0.5) is 28.8 Å². The van der Waals surface area contributed by atoms with Gasteiger partial charge in [0.25, 0.3) is 0 Å². The molecule has 3 rings (SSSR count). The number of rotatable bonds is 10. The van der Waals surface area contributed by atoms with Crippen molar-refractivity contribution in [3.8, 4) is 5.75 Å². The molecule has 0 unspecified atom stereocenters. The molecule has 2 aromatic carbocycles. The first-order valence-corrected chi connectivity index (χ1v) is 10.5. The third-order valence-electron chi connectivity index (χ3n) is 4.83. The number of para-hydroxylation sites is 1. The van der Waals surface area contributed by atoms with Gasteiger partial charge in [-0.3, -0.25) is 0 Å². The van der Waals surface area contributed by atoms with Crippen molar-refractivity contribution >= 4 is 46.4 Å². The van der Waals surface area contributed by atoms with E-state index in [9.17, 15) is 4.79 Å². The molecule has 174 valence electrons. The standard InChI is InChI=1S/C23H26ClN5O4/c1-29(11-12-31-2)15-9-10-19(20(13-15)32-3)27-23-25-14-17(24)21(28-23)26-18-8-6-5-7-16(18)22(30)33-4/h5-10,13-14H,11-12H2,1-4H3,(H2,25,26,27,28). The fraction of sp³-hybridized carbons (Fsp3) is 0.261. The lowest BCUT2D eigenvalue weighted by Gasteiger charge is -2.20. The van der Waals surface area contributed by atoms with Crippen molar-refractivity contribution < 1.29 is 19.0 Å². The highest BCUT2D eigenvalue weighted by Gasteiger charge is 2.15. The molecule has 1 heterocycles. The molecule has 0 saturated carbocycles.